The summed E-state index contributed by atoms with van der Waals surface area (Å²) in [6, 6.07) is 4.54. The van der Waals surface area contributed by atoms with Gasteiger partial charge in [0.25, 0.3) is 0 Å². The molecule has 2 atom stereocenters. The van der Waals surface area contributed by atoms with Gasteiger partial charge in [0.2, 0.25) is 0 Å². The molecule has 2 aliphatic rings. The Kier molecular flexibility index (Phi) is 4.06. The topological polar surface area (TPSA) is 43.4 Å². The molecule has 0 aromatic carbocycles. The maximum absolute atomic E-state index is 5.99. The first kappa shape index (κ1) is 14.0. The number of hydrogen-bond donors (Lipinski definition) is 1. The second kappa shape index (κ2) is 5.80. The fourth-order valence-electron chi connectivity index (χ4n) is 3.96. The highest BCUT2D eigenvalue weighted by molar-refractivity contribution is 5.31. The van der Waals surface area contributed by atoms with E-state index < -0.39 is 0 Å². The van der Waals surface area contributed by atoms with E-state index >= 15 is 0 Å². The highest BCUT2D eigenvalue weighted by Gasteiger charge is 2.46. The van der Waals surface area contributed by atoms with Gasteiger partial charge in [-0.05, 0) is 31.5 Å². The molecular weight excluding hydrogens is 252 g/mol. The Balaban J connectivity index is 1.90. The van der Waals surface area contributed by atoms with Crippen molar-refractivity contribution in [2.75, 3.05) is 27.4 Å². The van der Waals surface area contributed by atoms with E-state index in [1.165, 1.54) is 11.3 Å². The molecule has 1 aliphatic carbocycles. The molecule has 0 saturated carbocycles. The number of methoxy groups -OCH3 is 1. The van der Waals surface area contributed by atoms with Gasteiger partial charge in [-0.3, -0.25) is 4.98 Å². The number of hydrogen-bond acceptors (Lipinski definition) is 4. The SMILES string of the molecule is CNC(C1CCc2cccnc21)C1(OC)CCOCC1. The van der Waals surface area contributed by atoms with Gasteiger partial charge in [0.1, 0.15) is 0 Å². The zero-order valence-electron chi connectivity index (χ0n) is 12.4. The van der Waals surface area contributed by atoms with E-state index in [0.717, 1.165) is 38.9 Å². The molecule has 4 nitrogen and oxygen atoms in total. The van der Waals surface area contributed by atoms with Gasteiger partial charge in [-0.1, -0.05) is 6.07 Å². The molecule has 1 aromatic heterocycles. The number of likely N-dealkylation sites (N-methyl/N-ethyl adjacent to an activating group) is 1. The number of nitrogens with one attached hydrogen (secondary N) is 1. The van der Waals surface area contributed by atoms with Crippen molar-refractivity contribution in [2.24, 2.45) is 0 Å². The molecule has 1 aromatic rings. The number of pyridine rings is 1. The van der Waals surface area contributed by atoms with Crippen molar-refractivity contribution in [3.8, 4) is 0 Å². The van der Waals surface area contributed by atoms with Crippen LogP contribution in [0.1, 0.15) is 36.4 Å². The molecule has 20 heavy (non-hydrogen) atoms. The molecule has 0 amide bonds. The molecule has 110 valence electrons. The van der Waals surface area contributed by atoms with E-state index in [0.29, 0.717) is 12.0 Å². The summed E-state index contributed by atoms with van der Waals surface area (Å²) in [5.74, 6) is 0.439. The molecule has 1 fully saturated rings. The van der Waals surface area contributed by atoms with E-state index in [-0.39, 0.29) is 5.60 Å². The molecule has 1 aliphatic heterocycles. The summed E-state index contributed by atoms with van der Waals surface area (Å²) in [7, 11) is 3.88. The van der Waals surface area contributed by atoms with Crippen molar-refractivity contribution >= 4 is 0 Å². The Morgan fingerprint density at radius 1 is 1.45 bits per heavy atom. The summed E-state index contributed by atoms with van der Waals surface area (Å²) >= 11 is 0. The third kappa shape index (κ3) is 2.26. The number of fused-ring (bicyclic) bond motifs is 1. The van der Waals surface area contributed by atoms with Crippen LogP contribution in [0, 0.1) is 0 Å². The Morgan fingerprint density at radius 2 is 2.25 bits per heavy atom. The number of ether oxygens (including phenoxy) is 2. The summed E-state index contributed by atoms with van der Waals surface area (Å²) in [4.78, 5) is 4.64. The van der Waals surface area contributed by atoms with Crippen molar-refractivity contribution in [2.45, 2.75) is 43.2 Å². The Hall–Kier alpha value is -0.970. The lowest BCUT2D eigenvalue weighted by molar-refractivity contribution is -0.114. The standard InChI is InChI=1S/C16H24N2O2/c1-17-15(16(19-2)7-10-20-11-8-16)13-6-5-12-4-3-9-18-14(12)13/h3-4,9,13,15,17H,5-8,10-11H2,1-2H3. The summed E-state index contributed by atoms with van der Waals surface area (Å²) in [5, 5.41) is 3.53. The van der Waals surface area contributed by atoms with Gasteiger partial charge < -0.3 is 14.8 Å². The Labute approximate surface area is 120 Å². The van der Waals surface area contributed by atoms with Gasteiger partial charge in [0.05, 0.1) is 5.60 Å². The Bertz CT molecular complexity index is 458. The van der Waals surface area contributed by atoms with Crippen LogP contribution in [0.2, 0.25) is 0 Å². The van der Waals surface area contributed by atoms with Crippen molar-refractivity contribution < 1.29 is 9.47 Å². The molecule has 0 spiro atoms. The third-order valence-corrected chi connectivity index (χ3v) is 5.03. The van der Waals surface area contributed by atoms with Crippen LogP contribution < -0.4 is 5.32 Å². The lowest BCUT2D eigenvalue weighted by Gasteiger charge is -2.44. The number of aryl methyl sites for hydroxylation is 1. The largest absolute Gasteiger partial charge is 0.381 e. The monoisotopic (exact) mass is 276 g/mol. The lowest BCUT2D eigenvalue weighted by Crippen LogP contribution is -2.56. The molecule has 1 N–H and O–H groups in total. The second-order valence-electron chi connectivity index (χ2n) is 5.84. The maximum Gasteiger partial charge on any atom is 0.0881 e. The quantitative estimate of drug-likeness (QED) is 0.912. The molecule has 4 heteroatoms. The molecule has 2 heterocycles. The fourth-order valence-corrected chi connectivity index (χ4v) is 3.96. The van der Waals surface area contributed by atoms with E-state index in [1.54, 1.807) is 0 Å². The normalized spacial score (nSPS) is 26.2. The summed E-state index contributed by atoms with van der Waals surface area (Å²) < 4.78 is 11.5. The van der Waals surface area contributed by atoms with Crippen LogP contribution in [0.5, 0.6) is 0 Å². The van der Waals surface area contributed by atoms with Gasteiger partial charge in [-0.25, -0.2) is 0 Å². The molecule has 0 bridgehead atoms. The van der Waals surface area contributed by atoms with Gasteiger partial charge in [-0.15, -0.1) is 0 Å². The minimum Gasteiger partial charge on any atom is -0.381 e. The molecule has 2 unspecified atom stereocenters. The van der Waals surface area contributed by atoms with Crippen molar-refractivity contribution in [1.82, 2.24) is 10.3 Å². The highest BCUT2D eigenvalue weighted by atomic mass is 16.5. The van der Waals surface area contributed by atoms with E-state index in [1.807, 2.05) is 26.4 Å². The third-order valence-electron chi connectivity index (χ3n) is 5.03. The average molecular weight is 276 g/mol. The van der Waals surface area contributed by atoms with Crippen molar-refractivity contribution in [3.05, 3.63) is 29.6 Å². The summed E-state index contributed by atoms with van der Waals surface area (Å²) in [6.07, 6.45) is 6.10. The number of aromatic nitrogens is 1. The molecule has 0 radical (unpaired) electrons. The summed E-state index contributed by atoms with van der Waals surface area (Å²) in [6.45, 7) is 1.57. The minimum absolute atomic E-state index is 0.128. The minimum atomic E-state index is -0.128. The first-order valence-electron chi connectivity index (χ1n) is 7.55. The van der Waals surface area contributed by atoms with E-state index in [2.05, 4.69) is 16.4 Å². The second-order valence-corrected chi connectivity index (χ2v) is 5.84. The molecular formula is C16H24N2O2. The lowest BCUT2D eigenvalue weighted by atomic mass is 9.78. The van der Waals surface area contributed by atoms with Crippen LogP contribution in [-0.4, -0.2) is 44.0 Å². The fraction of sp³-hybridized carbons (Fsp3) is 0.688. The smallest absolute Gasteiger partial charge is 0.0881 e. The van der Waals surface area contributed by atoms with Crippen molar-refractivity contribution in [1.29, 1.82) is 0 Å². The summed E-state index contributed by atoms with van der Waals surface area (Å²) in [5.41, 5.74) is 2.53. The van der Waals surface area contributed by atoms with Crippen LogP contribution in [0.25, 0.3) is 0 Å². The first-order valence-corrected chi connectivity index (χ1v) is 7.55. The van der Waals surface area contributed by atoms with E-state index in [4.69, 9.17) is 9.47 Å². The van der Waals surface area contributed by atoms with Crippen molar-refractivity contribution in [3.63, 3.8) is 0 Å². The zero-order valence-corrected chi connectivity index (χ0v) is 12.4. The van der Waals surface area contributed by atoms with Crippen LogP contribution in [0.4, 0.5) is 0 Å². The average Bonchev–Trinajstić information content (AvgIpc) is 2.93. The predicted molar refractivity (Wildman–Crippen MR) is 77.9 cm³/mol. The van der Waals surface area contributed by atoms with Gasteiger partial charge in [0.15, 0.2) is 0 Å². The van der Waals surface area contributed by atoms with Crippen LogP contribution in [0.15, 0.2) is 18.3 Å². The zero-order chi connectivity index (χ0) is 14.0. The van der Waals surface area contributed by atoms with Crippen LogP contribution in [0.3, 0.4) is 0 Å². The first-order chi connectivity index (χ1) is 9.80. The highest BCUT2D eigenvalue weighted by Crippen LogP contribution is 2.41. The maximum atomic E-state index is 5.99. The van der Waals surface area contributed by atoms with Gasteiger partial charge in [0, 0.05) is 57.0 Å². The predicted octanol–water partition coefficient (Wildman–Crippen LogP) is 1.89. The van der Waals surface area contributed by atoms with Crippen LogP contribution in [-0.2, 0) is 15.9 Å². The number of nitrogens with zero attached hydrogens (tertiary/aromatic N) is 1. The molecule has 1 saturated heterocycles. The van der Waals surface area contributed by atoms with E-state index in [9.17, 15) is 0 Å². The number of rotatable bonds is 4. The van der Waals surface area contributed by atoms with Gasteiger partial charge in [-0.2, -0.15) is 0 Å². The van der Waals surface area contributed by atoms with Gasteiger partial charge >= 0.3 is 0 Å². The Morgan fingerprint density at radius 3 is 2.95 bits per heavy atom. The molecule has 3 rings (SSSR count). The van der Waals surface area contributed by atoms with Crippen LogP contribution >= 0.6 is 0 Å².